The summed E-state index contributed by atoms with van der Waals surface area (Å²) in [6, 6.07) is 17.7. The summed E-state index contributed by atoms with van der Waals surface area (Å²) in [4.78, 5) is 73.4. The number of aldehydes is 1. The van der Waals surface area contributed by atoms with Gasteiger partial charge < -0.3 is 48.7 Å². The number of piperidine rings is 2. The molecule has 6 aliphatic heterocycles. The van der Waals surface area contributed by atoms with E-state index in [1.165, 1.54) is 11.1 Å². The Morgan fingerprint density at radius 2 is 1.11 bits per heavy atom. The van der Waals surface area contributed by atoms with Crippen molar-refractivity contribution in [1.29, 1.82) is 0 Å². The highest BCUT2D eigenvalue weighted by molar-refractivity contribution is 6.15. The molecule has 4 saturated heterocycles. The molecule has 6 fully saturated rings. The van der Waals surface area contributed by atoms with Gasteiger partial charge in [-0.25, -0.2) is 29.5 Å². The first-order valence-electron chi connectivity index (χ1n) is 30.3. The number of carbonyl (C=O) groups is 3. The standard InChI is InChI=1S/C32H44N6O3.C21H25N5O.C11H19NO3/c1-22-19-38(15-14-37(22)20-23-8-12-36(13-9-23)30(39)41-31(2,3)4)28-17-27(34-21-35-28)29-26-16-25(40-32(5)10-11-32)7-6-24(26)18-33-29;1-14-12-26(8-7-22-14)19-10-18(24-13-25-19)20-17-9-16(27-21(2)5-6-21)4-3-15(17)11-23-20;1-11(2,3)15-10(14)12-6-4-9(8-13)5-7-12/h6-7,16-17,21-23H,8-15,18-20H2,1-5H3;3-4,9-10,13-14,22H,5-8,11-12H2,1-2H3;8-9H,4-7H2,1-3H3/t22-;14-;/m00./s1. The number of likely N-dealkylation sites (tertiary alicyclic amines) is 2. The van der Waals surface area contributed by atoms with Gasteiger partial charge in [0, 0.05) is 113 Å². The van der Waals surface area contributed by atoms with E-state index in [0.717, 1.165) is 174 Å². The number of anilines is 2. The van der Waals surface area contributed by atoms with Crippen molar-refractivity contribution in [3.8, 4) is 11.5 Å². The van der Waals surface area contributed by atoms with Gasteiger partial charge >= 0.3 is 12.2 Å². The number of benzene rings is 2. The van der Waals surface area contributed by atoms with Gasteiger partial charge in [-0.15, -0.1) is 0 Å². The lowest BCUT2D eigenvalue weighted by atomic mass is 9.95. The van der Waals surface area contributed by atoms with Gasteiger partial charge in [-0.2, -0.15) is 0 Å². The lowest BCUT2D eigenvalue weighted by molar-refractivity contribution is -0.112. The van der Waals surface area contributed by atoms with E-state index in [-0.39, 0.29) is 29.3 Å². The quantitative estimate of drug-likeness (QED) is 0.140. The van der Waals surface area contributed by atoms with Crippen LogP contribution in [0.15, 0.2) is 71.2 Å². The van der Waals surface area contributed by atoms with Gasteiger partial charge in [0.1, 0.15) is 64.5 Å². The number of nitrogens with zero attached hydrogens (tertiary/aromatic N) is 11. The number of amides is 2. The average molecular weight is 1140 g/mol. The fraction of sp³-hybridized carbons (Fsp3) is 0.609. The van der Waals surface area contributed by atoms with Crippen LogP contribution in [-0.2, 0) is 27.4 Å². The Morgan fingerprint density at radius 1 is 0.627 bits per heavy atom. The van der Waals surface area contributed by atoms with Crippen molar-refractivity contribution in [2.75, 3.05) is 81.8 Å². The number of hydrogen-bond acceptors (Lipinski definition) is 17. The maximum absolute atomic E-state index is 12.4. The predicted molar refractivity (Wildman–Crippen MR) is 322 cm³/mol. The van der Waals surface area contributed by atoms with Gasteiger partial charge in [-0.1, -0.05) is 12.1 Å². The molecule has 19 heteroatoms. The van der Waals surface area contributed by atoms with Crippen LogP contribution >= 0.6 is 0 Å². The van der Waals surface area contributed by atoms with Gasteiger partial charge in [0.05, 0.1) is 35.9 Å². The maximum Gasteiger partial charge on any atom is 0.410 e. The average Bonchev–Trinajstić information content (AvgIpc) is 4.47. The molecule has 1 N–H and O–H groups in total. The summed E-state index contributed by atoms with van der Waals surface area (Å²) in [6.07, 6.45) is 11.9. The molecular weight excluding hydrogens is 1050 g/mol. The van der Waals surface area contributed by atoms with E-state index in [9.17, 15) is 14.4 Å². The van der Waals surface area contributed by atoms with Crippen LogP contribution in [0.25, 0.3) is 0 Å². The number of rotatable bonds is 11. The van der Waals surface area contributed by atoms with Crippen molar-refractivity contribution in [2.24, 2.45) is 21.8 Å². The summed E-state index contributed by atoms with van der Waals surface area (Å²) in [5.41, 5.74) is 7.45. The number of carbonyl (C=O) groups excluding carboxylic acids is 3. The fourth-order valence-electron chi connectivity index (χ4n) is 11.4. The third-order valence-corrected chi connectivity index (χ3v) is 16.8. The maximum atomic E-state index is 12.4. The smallest absolute Gasteiger partial charge is 0.410 e. The first-order chi connectivity index (χ1) is 39.6. The van der Waals surface area contributed by atoms with E-state index in [1.54, 1.807) is 17.6 Å². The van der Waals surface area contributed by atoms with E-state index in [4.69, 9.17) is 28.9 Å². The van der Waals surface area contributed by atoms with E-state index >= 15 is 0 Å². The third-order valence-electron chi connectivity index (χ3n) is 16.8. The van der Waals surface area contributed by atoms with Crippen molar-refractivity contribution in [2.45, 2.75) is 168 Å². The van der Waals surface area contributed by atoms with E-state index in [0.29, 0.717) is 44.2 Å². The van der Waals surface area contributed by atoms with Gasteiger partial charge in [-0.05, 0) is 162 Å². The molecule has 2 aromatic heterocycles. The second kappa shape index (κ2) is 24.8. The molecule has 0 radical (unpaired) electrons. The molecule has 2 saturated carbocycles. The molecule has 2 aliphatic carbocycles. The van der Waals surface area contributed by atoms with E-state index in [2.05, 4.69) is 116 Å². The number of hydrogen-bond donors (Lipinski definition) is 1. The topological polar surface area (TPSA) is 193 Å². The van der Waals surface area contributed by atoms with Crippen LogP contribution in [-0.4, -0.2) is 171 Å². The highest BCUT2D eigenvalue weighted by atomic mass is 16.6. The summed E-state index contributed by atoms with van der Waals surface area (Å²) < 4.78 is 23.2. The van der Waals surface area contributed by atoms with Crippen molar-refractivity contribution >= 4 is 41.5 Å². The zero-order chi connectivity index (χ0) is 58.7. The van der Waals surface area contributed by atoms with E-state index < -0.39 is 11.2 Å². The Hall–Kier alpha value is -6.73. The summed E-state index contributed by atoms with van der Waals surface area (Å²) in [7, 11) is 0. The Bertz CT molecular complexity index is 3020. The number of nitrogens with one attached hydrogen (secondary N) is 1. The molecule has 8 heterocycles. The summed E-state index contributed by atoms with van der Waals surface area (Å²) in [6.45, 7) is 31.1. The van der Waals surface area contributed by atoms with Crippen LogP contribution in [0.2, 0.25) is 0 Å². The lowest BCUT2D eigenvalue weighted by Crippen LogP contribution is -2.54. The molecule has 0 spiro atoms. The summed E-state index contributed by atoms with van der Waals surface area (Å²) >= 11 is 0. The molecule has 2 amide bonds. The van der Waals surface area contributed by atoms with Crippen LogP contribution in [0.4, 0.5) is 21.2 Å². The minimum Gasteiger partial charge on any atom is -0.488 e. The lowest BCUT2D eigenvalue weighted by Gasteiger charge is -2.43. The van der Waals surface area contributed by atoms with Crippen LogP contribution in [0, 0.1) is 11.8 Å². The molecule has 19 nitrogen and oxygen atoms in total. The van der Waals surface area contributed by atoms with Crippen molar-refractivity contribution in [3.05, 3.63) is 94.8 Å². The molecule has 0 bridgehead atoms. The summed E-state index contributed by atoms with van der Waals surface area (Å²) in [5, 5.41) is 3.47. The van der Waals surface area contributed by atoms with Crippen molar-refractivity contribution in [1.82, 2.24) is 40.0 Å². The molecule has 4 aromatic rings. The van der Waals surface area contributed by atoms with Crippen molar-refractivity contribution < 1.29 is 33.3 Å². The molecule has 0 unspecified atom stereocenters. The highest BCUT2D eigenvalue weighted by Gasteiger charge is 2.41. The monoisotopic (exact) mass is 1140 g/mol. The zero-order valence-corrected chi connectivity index (χ0v) is 50.8. The number of piperazine rings is 2. The van der Waals surface area contributed by atoms with Crippen molar-refractivity contribution in [3.63, 3.8) is 0 Å². The van der Waals surface area contributed by atoms with Crippen LogP contribution in [0.3, 0.4) is 0 Å². The van der Waals surface area contributed by atoms with Gasteiger partial charge in [0.25, 0.3) is 0 Å². The zero-order valence-electron chi connectivity index (χ0n) is 50.8. The number of aliphatic imine (C=N–C) groups is 2. The van der Waals surface area contributed by atoms with E-state index in [1.807, 2.05) is 46.4 Å². The molecule has 12 rings (SSSR count). The minimum absolute atomic E-state index is 0.0114. The largest absolute Gasteiger partial charge is 0.488 e. The van der Waals surface area contributed by atoms with Gasteiger partial charge in [0.2, 0.25) is 0 Å². The van der Waals surface area contributed by atoms with Crippen LogP contribution in [0.1, 0.15) is 154 Å². The first kappa shape index (κ1) is 59.4. The van der Waals surface area contributed by atoms with Crippen LogP contribution < -0.4 is 24.6 Å². The second-order valence-corrected chi connectivity index (χ2v) is 26.5. The first-order valence-corrected chi connectivity index (χ1v) is 30.3. The third kappa shape index (κ3) is 15.7. The predicted octanol–water partition coefficient (Wildman–Crippen LogP) is 9.31. The summed E-state index contributed by atoms with van der Waals surface area (Å²) in [5.74, 6) is 4.49. The van der Waals surface area contributed by atoms with Gasteiger partial charge in [0.15, 0.2) is 0 Å². The minimum atomic E-state index is -0.449. The molecule has 8 aliphatic rings. The van der Waals surface area contributed by atoms with Gasteiger partial charge in [-0.3, -0.25) is 14.9 Å². The fourth-order valence-corrected chi connectivity index (χ4v) is 11.4. The Balaban J connectivity index is 0.000000156. The van der Waals surface area contributed by atoms with Crippen LogP contribution in [0.5, 0.6) is 11.5 Å². The SMILES string of the molecule is CC(C)(C)OC(=O)N1CCC(C=O)CC1.C[C@H]1CN(c2cc(C3=NCc4ccc(OC5(C)CC5)cc43)ncn2)CCN1.C[C@H]1CN(c2cc(C3=NCc4ccc(OC5(C)CC5)cc43)ncn2)CCN1CC1CCN(C(=O)OC(C)(C)C)CC1. The molecule has 2 aromatic carbocycles. The molecule has 2 atom stereocenters. The molecule has 446 valence electrons. The number of fused-ring (bicyclic) bond motifs is 2. The second-order valence-electron chi connectivity index (χ2n) is 26.5. The number of ether oxygens (including phenoxy) is 4. The molecule has 83 heavy (non-hydrogen) atoms. The molecular formula is C64H88N12O7. The number of aromatic nitrogens is 4. The Labute approximate surface area is 491 Å². The highest BCUT2D eigenvalue weighted by Crippen LogP contribution is 2.42. The Morgan fingerprint density at radius 3 is 1.55 bits per heavy atom. The Kier molecular flexibility index (Phi) is 17.8. The normalized spacial score (nSPS) is 22.1.